The van der Waals surface area contributed by atoms with Crippen LogP contribution in [-0.4, -0.2) is 10.5 Å². The van der Waals surface area contributed by atoms with Crippen molar-refractivity contribution in [3.63, 3.8) is 0 Å². The van der Waals surface area contributed by atoms with Crippen molar-refractivity contribution in [3.8, 4) is 0 Å². The molecule has 1 aromatic rings. The zero-order chi connectivity index (χ0) is 15.5. The van der Waals surface area contributed by atoms with E-state index in [0.29, 0.717) is 0 Å². The Morgan fingerprint density at radius 2 is 1.67 bits per heavy atom. The van der Waals surface area contributed by atoms with E-state index in [1.54, 1.807) is 0 Å². The fraction of sp³-hybridized carbons (Fsp3) is 0.429. The molecule has 0 unspecified atom stereocenters. The van der Waals surface area contributed by atoms with Gasteiger partial charge in [0.15, 0.2) is 0 Å². The minimum absolute atomic E-state index is 0. The number of benzene rings is 1. The Bertz CT molecular complexity index is 453. The van der Waals surface area contributed by atoms with Gasteiger partial charge < -0.3 is 45.9 Å². The Kier molecular flexibility index (Phi) is 13.9. The molecule has 0 heterocycles. The van der Waals surface area contributed by atoms with Crippen molar-refractivity contribution in [2.75, 3.05) is 5.32 Å². The molecule has 0 bridgehead atoms. The Morgan fingerprint density at radius 3 is 2.10 bits per heavy atom. The molecule has 0 saturated heterocycles. The summed E-state index contributed by atoms with van der Waals surface area (Å²) < 4.78 is 0. The molecular weight excluding hydrogens is 358 g/mol. The van der Waals surface area contributed by atoms with Crippen LogP contribution in [0.2, 0.25) is 0 Å². The van der Waals surface area contributed by atoms with Gasteiger partial charge in [0, 0.05) is 5.69 Å². The van der Waals surface area contributed by atoms with Crippen molar-refractivity contribution in [3.05, 3.63) is 29.3 Å². The molecule has 0 aliphatic heterocycles. The summed E-state index contributed by atoms with van der Waals surface area (Å²) in [6.45, 7) is 4.30. The summed E-state index contributed by atoms with van der Waals surface area (Å²) in [5, 5.41) is 1.57. The molecule has 0 radical (unpaired) electrons. The van der Waals surface area contributed by atoms with Crippen LogP contribution >= 0.6 is 0 Å². The number of nitrogens with two attached hydrogens (primary N) is 1. The number of amides is 2. The number of hydrogen-bond donors (Lipinski definition) is 2. The zero-order valence-electron chi connectivity index (χ0n) is 12.5. The van der Waals surface area contributed by atoms with Gasteiger partial charge in [-0.25, -0.2) is 0 Å². The molecule has 0 saturated carbocycles. The molecule has 4 nitrogen and oxygen atoms in total. The van der Waals surface area contributed by atoms with Crippen molar-refractivity contribution < 1.29 is 29.1 Å². The maximum absolute atomic E-state index is 10.9. The second kappa shape index (κ2) is 12.9. The van der Waals surface area contributed by atoms with Crippen molar-refractivity contribution in [2.45, 2.75) is 39.5 Å². The van der Waals surface area contributed by atoms with Crippen LogP contribution in [0, 0.1) is 0 Å². The van der Waals surface area contributed by atoms with Crippen LogP contribution in [0.25, 0.3) is 0 Å². The standard InChI is InChI=1S/C13H19NOS.CH3NOS.Zn/c1-3-6-10-8-5-9-12(14-13(15)16)11(10)7-4-2;2-1(3)4;/h5,8-9H,3-4,6-7H2,1-2H3,(H2,14,15,16);(H3,2,3,4);/q;;+2/p-2. The summed E-state index contributed by atoms with van der Waals surface area (Å²) >= 11 is 8.32. The molecule has 0 spiro atoms. The first kappa shape index (κ1) is 22.5. The fourth-order valence-corrected chi connectivity index (χ4v) is 2.02. The van der Waals surface area contributed by atoms with Gasteiger partial charge in [0.2, 0.25) is 0 Å². The third kappa shape index (κ3) is 10.6. The summed E-state index contributed by atoms with van der Waals surface area (Å²) in [5.41, 5.74) is 7.73. The first-order chi connectivity index (χ1) is 9.42. The Hall–Kier alpha value is -0.777. The zero-order valence-corrected chi connectivity index (χ0v) is 17.1. The smallest absolute Gasteiger partial charge is 0.719 e. The summed E-state index contributed by atoms with van der Waals surface area (Å²) in [5.74, 6) is 0. The quantitative estimate of drug-likeness (QED) is 0.610. The SMILES string of the molecule is CCCc1cccc(NC(=O)[S-])c1CCC.NC(=O)[S-].[Zn+2]. The topological polar surface area (TPSA) is 72.2 Å². The number of carbonyl (C=O) groups excluding carboxylic acids is 2. The van der Waals surface area contributed by atoms with Crippen molar-refractivity contribution in [1.82, 2.24) is 0 Å². The molecule has 21 heavy (non-hydrogen) atoms. The molecule has 1 rings (SSSR count). The molecule has 0 aliphatic carbocycles. The van der Waals surface area contributed by atoms with Gasteiger partial charge in [-0.2, -0.15) is 0 Å². The van der Waals surface area contributed by atoms with Gasteiger partial charge in [-0.3, -0.25) is 0 Å². The number of nitrogens with one attached hydrogen (secondary N) is 1. The van der Waals surface area contributed by atoms with E-state index in [1.165, 1.54) is 11.1 Å². The van der Waals surface area contributed by atoms with Gasteiger partial charge in [-0.1, -0.05) is 38.8 Å². The summed E-state index contributed by atoms with van der Waals surface area (Å²) in [4.78, 5) is 20.0. The molecule has 1 aromatic carbocycles. The van der Waals surface area contributed by atoms with E-state index in [0.717, 1.165) is 31.4 Å². The van der Waals surface area contributed by atoms with E-state index in [-0.39, 0.29) is 19.5 Å². The van der Waals surface area contributed by atoms with Crippen LogP contribution in [0.1, 0.15) is 37.8 Å². The van der Waals surface area contributed by atoms with Gasteiger partial charge in [-0.15, -0.1) is 0 Å². The van der Waals surface area contributed by atoms with Gasteiger partial charge in [0.25, 0.3) is 0 Å². The Morgan fingerprint density at radius 1 is 1.14 bits per heavy atom. The molecule has 7 heteroatoms. The van der Waals surface area contributed by atoms with E-state index in [1.807, 2.05) is 12.1 Å². The predicted molar refractivity (Wildman–Crippen MR) is 87.8 cm³/mol. The van der Waals surface area contributed by atoms with E-state index < -0.39 is 10.5 Å². The molecule has 0 fully saturated rings. The van der Waals surface area contributed by atoms with Crippen molar-refractivity contribution in [2.24, 2.45) is 5.73 Å². The summed E-state index contributed by atoms with van der Waals surface area (Å²) in [7, 11) is 0. The first-order valence-electron chi connectivity index (χ1n) is 6.47. The second-order valence-corrected chi connectivity index (χ2v) is 4.95. The minimum Gasteiger partial charge on any atom is -0.719 e. The third-order valence-corrected chi connectivity index (χ3v) is 2.63. The maximum atomic E-state index is 10.9. The average Bonchev–Trinajstić information content (AvgIpc) is 2.32. The van der Waals surface area contributed by atoms with Gasteiger partial charge in [0.05, 0.1) is 5.24 Å². The summed E-state index contributed by atoms with van der Waals surface area (Å²) in [6.07, 6.45) is 4.22. The minimum atomic E-state index is -0.750. The summed E-state index contributed by atoms with van der Waals surface area (Å²) in [6, 6.07) is 6.03. The maximum Gasteiger partial charge on any atom is 2.00 e. The number of rotatable bonds is 5. The van der Waals surface area contributed by atoms with Crippen molar-refractivity contribution >= 4 is 41.4 Å². The van der Waals surface area contributed by atoms with Crippen LogP contribution in [0.5, 0.6) is 0 Å². The molecule has 112 valence electrons. The van der Waals surface area contributed by atoms with E-state index in [4.69, 9.17) is 4.79 Å². The van der Waals surface area contributed by atoms with Crippen LogP contribution in [0.15, 0.2) is 18.2 Å². The molecular formula is C14H20N2O2S2Zn. The Labute approximate surface area is 150 Å². The fourth-order valence-electron chi connectivity index (χ4n) is 1.91. The average molecular weight is 378 g/mol. The molecule has 0 aromatic heterocycles. The number of carbonyl (C=O) groups is 2. The number of anilines is 1. The number of aryl methyl sites for hydroxylation is 1. The van der Waals surface area contributed by atoms with Crippen LogP contribution in [0.3, 0.4) is 0 Å². The number of hydrogen-bond acceptors (Lipinski definition) is 4. The van der Waals surface area contributed by atoms with E-state index >= 15 is 0 Å². The predicted octanol–water partition coefficient (Wildman–Crippen LogP) is 3.28. The molecule has 0 atom stereocenters. The normalized spacial score (nSPS) is 8.86. The monoisotopic (exact) mass is 376 g/mol. The molecule has 2 amide bonds. The van der Waals surface area contributed by atoms with Crippen LogP contribution in [0.4, 0.5) is 15.3 Å². The Balaban J connectivity index is 0. The largest absolute Gasteiger partial charge is 2.00 e. The molecule has 0 aliphatic rings. The second-order valence-electron chi connectivity index (χ2n) is 4.17. The van der Waals surface area contributed by atoms with Crippen LogP contribution in [-0.2, 0) is 57.6 Å². The number of primary amides is 1. The first-order valence-corrected chi connectivity index (χ1v) is 7.29. The van der Waals surface area contributed by atoms with Crippen molar-refractivity contribution in [1.29, 1.82) is 0 Å². The van der Waals surface area contributed by atoms with E-state index in [9.17, 15) is 4.79 Å². The van der Waals surface area contributed by atoms with E-state index in [2.05, 4.69) is 56.2 Å². The van der Waals surface area contributed by atoms with Gasteiger partial charge in [0.1, 0.15) is 5.24 Å². The molecule has 3 N–H and O–H groups in total. The third-order valence-electron chi connectivity index (χ3n) is 2.53. The van der Waals surface area contributed by atoms with Gasteiger partial charge in [-0.05, 0) is 30.0 Å². The van der Waals surface area contributed by atoms with Gasteiger partial charge >= 0.3 is 19.5 Å². The van der Waals surface area contributed by atoms with Crippen LogP contribution < -0.4 is 11.1 Å².